The number of nitrogens with one attached hydrogen (secondary N) is 1. The number of ether oxygens (including phenoxy) is 2. The molecule has 9 heteroatoms. The highest BCUT2D eigenvalue weighted by Crippen LogP contribution is 2.37. The molecule has 166 valence electrons. The number of allylic oxidation sites excluding steroid dienone is 1. The third-order valence-corrected chi connectivity index (χ3v) is 5.91. The van der Waals surface area contributed by atoms with E-state index in [-0.39, 0.29) is 6.04 Å². The van der Waals surface area contributed by atoms with Crippen molar-refractivity contribution in [3.8, 4) is 17.1 Å². The molecule has 0 radical (unpaired) electrons. The quantitative estimate of drug-likeness (QED) is 0.498. The summed E-state index contributed by atoms with van der Waals surface area (Å²) in [7, 11) is 3.29. The molecule has 0 bridgehead atoms. The number of benzene rings is 2. The lowest BCUT2D eigenvalue weighted by Gasteiger charge is -2.37. The largest absolute Gasteiger partial charge is 0.497 e. The molecule has 0 fully saturated rings. The van der Waals surface area contributed by atoms with E-state index in [1.807, 2.05) is 60.4 Å². The third-order valence-electron chi connectivity index (χ3n) is 5.32. The number of hydrogen-bond acceptors (Lipinski definition) is 6. The fourth-order valence-electron chi connectivity index (χ4n) is 3.61. The molecule has 2 heterocycles. The number of rotatable bonds is 7. The summed E-state index contributed by atoms with van der Waals surface area (Å²) in [5.74, 6) is 1.68. The lowest BCUT2D eigenvalue weighted by Crippen LogP contribution is -2.47. The second kappa shape index (κ2) is 9.68. The van der Waals surface area contributed by atoms with E-state index in [0.717, 1.165) is 28.1 Å². The third kappa shape index (κ3) is 4.48. The monoisotopic (exact) mass is 470 g/mol. The van der Waals surface area contributed by atoms with E-state index in [4.69, 9.17) is 42.8 Å². The molecular weight excluding hydrogens is 448 g/mol. The van der Waals surface area contributed by atoms with Gasteiger partial charge in [0.15, 0.2) is 5.11 Å². The van der Waals surface area contributed by atoms with Gasteiger partial charge in [-0.3, -0.25) is 0 Å². The van der Waals surface area contributed by atoms with E-state index in [1.54, 1.807) is 14.2 Å². The van der Waals surface area contributed by atoms with Crippen molar-refractivity contribution in [1.82, 2.24) is 20.4 Å². The minimum absolute atomic E-state index is 0.261. The predicted molar refractivity (Wildman–Crippen MR) is 127 cm³/mol. The van der Waals surface area contributed by atoms with Crippen LogP contribution in [0.15, 0.2) is 58.8 Å². The van der Waals surface area contributed by atoms with Gasteiger partial charge >= 0.3 is 0 Å². The Morgan fingerprint density at radius 1 is 1.12 bits per heavy atom. The molecule has 1 aliphatic heterocycles. The van der Waals surface area contributed by atoms with Crippen LogP contribution in [0.2, 0.25) is 5.02 Å². The maximum absolute atomic E-state index is 6.10. The van der Waals surface area contributed by atoms with Crippen LogP contribution in [0.4, 0.5) is 0 Å². The Morgan fingerprint density at radius 3 is 2.50 bits per heavy atom. The first kappa shape index (κ1) is 22.3. The van der Waals surface area contributed by atoms with Crippen LogP contribution in [0.1, 0.15) is 24.4 Å². The van der Waals surface area contributed by atoms with Crippen molar-refractivity contribution in [3.05, 3.63) is 70.7 Å². The van der Waals surface area contributed by atoms with E-state index in [2.05, 4.69) is 10.5 Å². The average Bonchev–Trinajstić information content (AvgIpc) is 3.29. The zero-order chi connectivity index (χ0) is 22.7. The highest BCUT2D eigenvalue weighted by atomic mass is 35.5. The second-order valence-corrected chi connectivity index (χ2v) is 8.05. The standard InChI is InChI=1S/C23H23ClN4O3S/c1-14-19(22-26-21(27-31-22)16-6-10-18(30-3)11-7-16)20(15-4-8-17(24)9-5-15)25-23(32)28(14)12-13-29-2/h4-11,20H,12-13H2,1-3H3,(H,25,32). The van der Waals surface area contributed by atoms with Crippen LogP contribution >= 0.6 is 23.8 Å². The fraction of sp³-hybridized carbons (Fsp3) is 0.261. The molecule has 1 aromatic heterocycles. The zero-order valence-corrected chi connectivity index (χ0v) is 19.5. The summed E-state index contributed by atoms with van der Waals surface area (Å²) in [5, 5.41) is 8.90. The van der Waals surface area contributed by atoms with E-state index in [0.29, 0.717) is 35.0 Å². The predicted octanol–water partition coefficient (Wildman–Crippen LogP) is 4.71. The van der Waals surface area contributed by atoms with Gasteiger partial charge in [-0.2, -0.15) is 4.98 Å². The first-order chi connectivity index (χ1) is 15.5. The summed E-state index contributed by atoms with van der Waals surface area (Å²) in [6, 6.07) is 14.9. The number of methoxy groups -OCH3 is 2. The topological polar surface area (TPSA) is 72.7 Å². The molecule has 2 aromatic carbocycles. The minimum Gasteiger partial charge on any atom is -0.497 e. The Kier molecular flexibility index (Phi) is 6.74. The SMILES string of the molecule is COCCN1C(=S)NC(c2ccc(Cl)cc2)C(c2nc(-c3ccc(OC)cc3)no2)=C1C. The van der Waals surface area contributed by atoms with Crippen molar-refractivity contribution in [2.45, 2.75) is 13.0 Å². The van der Waals surface area contributed by atoms with Gasteiger partial charge in [-0.15, -0.1) is 0 Å². The highest BCUT2D eigenvalue weighted by molar-refractivity contribution is 7.80. The summed E-state index contributed by atoms with van der Waals surface area (Å²) < 4.78 is 16.2. The van der Waals surface area contributed by atoms with Gasteiger partial charge < -0.3 is 24.2 Å². The number of thiocarbonyl (C=S) groups is 1. The van der Waals surface area contributed by atoms with Gasteiger partial charge in [-0.05, 0) is 61.1 Å². The summed E-state index contributed by atoms with van der Waals surface area (Å²) in [6.45, 7) is 3.13. The lowest BCUT2D eigenvalue weighted by molar-refractivity contribution is 0.183. The molecule has 0 aliphatic carbocycles. The Bertz CT molecular complexity index is 1130. The Balaban J connectivity index is 1.76. The van der Waals surface area contributed by atoms with Gasteiger partial charge in [0.25, 0.3) is 5.89 Å². The molecule has 1 atom stereocenters. The van der Waals surface area contributed by atoms with Crippen molar-refractivity contribution in [3.63, 3.8) is 0 Å². The molecule has 4 rings (SSSR count). The first-order valence-electron chi connectivity index (χ1n) is 10.0. The normalized spacial score (nSPS) is 16.3. The maximum atomic E-state index is 6.10. The number of nitrogens with zero attached hydrogens (tertiary/aromatic N) is 3. The molecule has 0 amide bonds. The van der Waals surface area contributed by atoms with Crippen LogP contribution < -0.4 is 10.1 Å². The van der Waals surface area contributed by atoms with Crippen LogP contribution in [0.25, 0.3) is 17.0 Å². The molecule has 1 unspecified atom stereocenters. The van der Waals surface area contributed by atoms with Crippen molar-refractivity contribution in [2.24, 2.45) is 0 Å². The first-order valence-corrected chi connectivity index (χ1v) is 10.8. The van der Waals surface area contributed by atoms with E-state index in [9.17, 15) is 0 Å². The zero-order valence-electron chi connectivity index (χ0n) is 18.0. The van der Waals surface area contributed by atoms with Crippen LogP contribution in [-0.4, -0.2) is 47.5 Å². The molecule has 3 aromatic rings. The molecular formula is C23H23ClN4O3S. The van der Waals surface area contributed by atoms with Crippen LogP contribution in [0.5, 0.6) is 5.75 Å². The molecule has 1 aliphatic rings. The molecule has 1 N–H and O–H groups in total. The van der Waals surface area contributed by atoms with Crippen molar-refractivity contribution >= 4 is 34.5 Å². The van der Waals surface area contributed by atoms with Crippen LogP contribution in [-0.2, 0) is 4.74 Å². The number of aromatic nitrogens is 2. The summed E-state index contributed by atoms with van der Waals surface area (Å²) in [6.07, 6.45) is 0. The molecule has 0 spiro atoms. The highest BCUT2D eigenvalue weighted by Gasteiger charge is 2.33. The van der Waals surface area contributed by atoms with Crippen LogP contribution in [0, 0.1) is 0 Å². The van der Waals surface area contributed by atoms with Gasteiger partial charge in [0.05, 0.1) is 25.3 Å². The average molecular weight is 471 g/mol. The second-order valence-electron chi connectivity index (χ2n) is 7.23. The molecule has 0 saturated carbocycles. The van der Waals surface area contributed by atoms with Gasteiger partial charge in [-0.1, -0.05) is 28.9 Å². The van der Waals surface area contributed by atoms with Gasteiger partial charge in [-0.25, -0.2) is 0 Å². The Labute approximate surface area is 197 Å². The van der Waals surface area contributed by atoms with Gasteiger partial charge in [0.2, 0.25) is 5.82 Å². The Hall–Kier alpha value is -2.94. The summed E-state index contributed by atoms with van der Waals surface area (Å²) in [5.41, 5.74) is 3.60. The van der Waals surface area contributed by atoms with Gasteiger partial charge in [0.1, 0.15) is 5.75 Å². The van der Waals surface area contributed by atoms with Crippen LogP contribution in [0.3, 0.4) is 0 Å². The fourth-order valence-corrected chi connectivity index (χ4v) is 4.08. The molecule has 0 saturated heterocycles. The van der Waals surface area contributed by atoms with E-state index in [1.165, 1.54) is 0 Å². The minimum atomic E-state index is -0.261. The lowest BCUT2D eigenvalue weighted by atomic mass is 9.95. The smallest absolute Gasteiger partial charge is 0.258 e. The number of halogens is 1. The summed E-state index contributed by atoms with van der Waals surface area (Å²) in [4.78, 5) is 6.68. The van der Waals surface area contributed by atoms with Crippen molar-refractivity contribution < 1.29 is 14.0 Å². The molecule has 32 heavy (non-hydrogen) atoms. The maximum Gasteiger partial charge on any atom is 0.258 e. The van der Waals surface area contributed by atoms with Crippen molar-refractivity contribution in [1.29, 1.82) is 0 Å². The van der Waals surface area contributed by atoms with E-state index < -0.39 is 0 Å². The number of hydrogen-bond donors (Lipinski definition) is 1. The van der Waals surface area contributed by atoms with Gasteiger partial charge in [0, 0.05) is 29.9 Å². The Morgan fingerprint density at radius 2 is 1.84 bits per heavy atom. The van der Waals surface area contributed by atoms with E-state index >= 15 is 0 Å². The molecule has 7 nitrogen and oxygen atoms in total. The van der Waals surface area contributed by atoms with Crippen molar-refractivity contribution in [2.75, 3.05) is 27.4 Å². The summed E-state index contributed by atoms with van der Waals surface area (Å²) >= 11 is 11.8.